The van der Waals surface area contributed by atoms with Crippen LogP contribution in [0.5, 0.6) is 0 Å². The lowest BCUT2D eigenvalue weighted by Gasteiger charge is -2.22. The van der Waals surface area contributed by atoms with Gasteiger partial charge in [-0.25, -0.2) is 4.79 Å². The van der Waals surface area contributed by atoms with Crippen LogP contribution in [0.25, 0.3) is 5.70 Å². The fraction of sp³-hybridized carbons (Fsp3) is 0.312. The van der Waals surface area contributed by atoms with Crippen LogP contribution in [-0.4, -0.2) is 42.7 Å². The van der Waals surface area contributed by atoms with E-state index in [1.165, 1.54) is 13.2 Å². The van der Waals surface area contributed by atoms with Crippen molar-refractivity contribution in [2.45, 2.75) is 12.5 Å². The van der Waals surface area contributed by atoms with E-state index in [1.54, 1.807) is 36.0 Å². The van der Waals surface area contributed by atoms with Crippen molar-refractivity contribution in [1.29, 1.82) is 0 Å². The van der Waals surface area contributed by atoms with Crippen LogP contribution in [0.2, 0.25) is 0 Å². The second kappa shape index (κ2) is 7.26. The normalized spacial score (nSPS) is 14.9. The van der Waals surface area contributed by atoms with Crippen LogP contribution in [0, 0.1) is 0 Å². The van der Waals surface area contributed by atoms with Crippen molar-refractivity contribution in [3.05, 3.63) is 41.5 Å². The van der Waals surface area contributed by atoms with Crippen LogP contribution < -0.4 is 5.32 Å². The van der Waals surface area contributed by atoms with Gasteiger partial charge in [0, 0.05) is 22.9 Å². The molecule has 0 aromatic heterocycles. The van der Waals surface area contributed by atoms with Gasteiger partial charge in [0.25, 0.3) is 0 Å². The van der Waals surface area contributed by atoms with Gasteiger partial charge in [0.15, 0.2) is 0 Å². The number of allylic oxidation sites excluding steroid dienone is 1. The lowest BCUT2D eigenvalue weighted by molar-refractivity contribution is -0.142. The molecular formula is C16H17NO4S. The SMILES string of the molecule is COC(=O)[C@@H](CCSC)NC1=CC(=O)C(=O)c2ccccc21. The number of nitrogens with one attached hydrogen (secondary N) is 1. The van der Waals surface area contributed by atoms with E-state index in [-0.39, 0.29) is 0 Å². The standard InChI is InChI=1S/C16H17NO4S/c1-21-16(20)12(7-8-22-2)17-13-9-14(18)15(19)11-6-4-3-5-10(11)13/h3-6,9,12,17H,7-8H2,1-2H3/t12-/m1/s1. The van der Waals surface area contributed by atoms with Crippen molar-refractivity contribution in [3.63, 3.8) is 0 Å². The van der Waals surface area contributed by atoms with E-state index >= 15 is 0 Å². The van der Waals surface area contributed by atoms with Crippen LogP contribution in [-0.2, 0) is 14.3 Å². The third-order valence-electron chi connectivity index (χ3n) is 3.39. The molecule has 1 aromatic rings. The highest BCUT2D eigenvalue weighted by molar-refractivity contribution is 7.98. The van der Waals surface area contributed by atoms with Crippen molar-refractivity contribution in [1.82, 2.24) is 5.32 Å². The molecule has 2 rings (SSSR count). The Morgan fingerprint density at radius 3 is 2.59 bits per heavy atom. The second-order valence-corrected chi connectivity index (χ2v) is 5.78. The fourth-order valence-electron chi connectivity index (χ4n) is 2.26. The first kappa shape index (κ1) is 16.3. The number of hydrogen-bond donors (Lipinski definition) is 1. The number of thioether (sulfide) groups is 1. The van der Waals surface area contributed by atoms with Crippen LogP contribution in [0.4, 0.5) is 0 Å². The molecule has 0 aliphatic heterocycles. The number of carbonyl (C=O) groups is 3. The number of esters is 1. The van der Waals surface area contributed by atoms with E-state index < -0.39 is 23.6 Å². The van der Waals surface area contributed by atoms with Crippen molar-refractivity contribution in [3.8, 4) is 0 Å². The maximum absolute atomic E-state index is 11.9. The second-order valence-electron chi connectivity index (χ2n) is 4.80. The fourth-order valence-corrected chi connectivity index (χ4v) is 2.73. The molecule has 22 heavy (non-hydrogen) atoms. The van der Waals surface area contributed by atoms with Gasteiger partial charge >= 0.3 is 5.97 Å². The lowest BCUT2D eigenvalue weighted by Crippen LogP contribution is -2.38. The summed E-state index contributed by atoms with van der Waals surface area (Å²) >= 11 is 1.62. The Bertz CT molecular complexity index is 639. The maximum Gasteiger partial charge on any atom is 0.328 e. The number of benzene rings is 1. The molecule has 0 amide bonds. The summed E-state index contributed by atoms with van der Waals surface area (Å²) in [5.41, 5.74) is 1.47. The molecule has 1 aromatic carbocycles. The molecule has 1 aliphatic rings. The predicted octanol–water partition coefficient (Wildman–Crippen LogP) is 1.68. The van der Waals surface area contributed by atoms with Gasteiger partial charge in [-0.05, 0) is 18.4 Å². The zero-order valence-electron chi connectivity index (χ0n) is 12.4. The number of ketones is 2. The Balaban J connectivity index is 2.30. The Labute approximate surface area is 133 Å². The molecule has 0 saturated heterocycles. The molecule has 0 saturated carbocycles. The van der Waals surface area contributed by atoms with Crippen LogP contribution >= 0.6 is 11.8 Å². The molecule has 116 valence electrons. The monoisotopic (exact) mass is 319 g/mol. The molecule has 1 aliphatic carbocycles. The van der Waals surface area contributed by atoms with E-state index in [0.717, 1.165) is 5.75 Å². The molecule has 0 heterocycles. The third kappa shape index (κ3) is 3.39. The topological polar surface area (TPSA) is 72.5 Å². The number of rotatable bonds is 6. The summed E-state index contributed by atoms with van der Waals surface area (Å²) < 4.78 is 4.80. The van der Waals surface area contributed by atoms with E-state index in [1.807, 2.05) is 6.26 Å². The van der Waals surface area contributed by atoms with Crippen LogP contribution in [0.15, 0.2) is 30.3 Å². The number of carbonyl (C=O) groups excluding carboxylic acids is 3. The molecule has 1 N–H and O–H groups in total. The summed E-state index contributed by atoms with van der Waals surface area (Å²) in [5.74, 6) is -0.736. The Hall–Kier alpha value is -2.08. The Morgan fingerprint density at radius 1 is 1.27 bits per heavy atom. The molecule has 0 fully saturated rings. The number of Topliss-reactive ketones (excluding diaryl/α,β-unsaturated/α-hetero) is 1. The average Bonchev–Trinajstić information content (AvgIpc) is 2.55. The summed E-state index contributed by atoms with van der Waals surface area (Å²) in [6.07, 6.45) is 3.76. The molecule has 0 spiro atoms. The van der Waals surface area contributed by atoms with Gasteiger partial charge < -0.3 is 10.1 Å². The number of methoxy groups -OCH3 is 1. The minimum Gasteiger partial charge on any atom is -0.467 e. The van der Waals surface area contributed by atoms with E-state index in [2.05, 4.69) is 5.32 Å². The Kier molecular flexibility index (Phi) is 5.38. The molecule has 6 heteroatoms. The maximum atomic E-state index is 11.9. The van der Waals surface area contributed by atoms with Crippen molar-refractivity contribution < 1.29 is 19.1 Å². The van der Waals surface area contributed by atoms with E-state index in [4.69, 9.17) is 4.74 Å². The summed E-state index contributed by atoms with van der Waals surface area (Å²) in [6.45, 7) is 0. The molecule has 1 atom stereocenters. The van der Waals surface area contributed by atoms with Gasteiger partial charge in [-0.1, -0.05) is 24.3 Å². The van der Waals surface area contributed by atoms with Gasteiger partial charge in [-0.3, -0.25) is 9.59 Å². The van der Waals surface area contributed by atoms with Gasteiger partial charge in [-0.15, -0.1) is 0 Å². The van der Waals surface area contributed by atoms with E-state index in [9.17, 15) is 14.4 Å². The summed E-state index contributed by atoms with van der Waals surface area (Å²) in [5, 5.41) is 3.05. The average molecular weight is 319 g/mol. The first-order valence-corrected chi connectivity index (χ1v) is 8.21. The van der Waals surface area contributed by atoms with Crippen molar-refractivity contribution >= 4 is 35.0 Å². The minimum atomic E-state index is -0.588. The van der Waals surface area contributed by atoms with Crippen LogP contribution in [0.1, 0.15) is 22.3 Å². The highest BCUT2D eigenvalue weighted by atomic mass is 32.2. The van der Waals surface area contributed by atoms with Crippen molar-refractivity contribution in [2.75, 3.05) is 19.1 Å². The van der Waals surface area contributed by atoms with Gasteiger partial charge in [0.05, 0.1) is 7.11 Å². The molecule has 0 unspecified atom stereocenters. The van der Waals surface area contributed by atoms with Gasteiger partial charge in [-0.2, -0.15) is 11.8 Å². The minimum absolute atomic E-state index is 0.353. The quantitative estimate of drug-likeness (QED) is 0.635. The van der Waals surface area contributed by atoms with E-state index in [0.29, 0.717) is 23.2 Å². The van der Waals surface area contributed by atoms with Crippen molar-refractivity contribution in [2.24, 2.45) is 0 Å². The smallest absolute Gasteiger partial charge is 0.328 e. The van der Waals surface area contributed by atoms with Gasteiger partial charge in [0.1, 0.15) is 6.04 Å². The zero-order chi connectivity index (χ0) is 16.1. The molecule has 5 nitrogen and oxygen atoms in total. The van der Waals surface area contributed by atoms with Gasteiger partial charge in [0.2, 0.25) is 11.6 Å². The summed E-state index contributed by atoms with van der Waals surface area (Å²) in [6, 6.07) is 6.30. The first-order valence-electron chi connectivity index (χ1n) is 6.81. The highest BCUT2D eigenvalue weighted by Crippen LogP contribution is 2.24. The highest BCUT2D eigenvalue weighted by Gasteiger charge is 2.28. The lowest BCUT2D eigenvalue weighted by atomic mass is 9.92. The molecular weight excluding hydrogens is 302 g/mol. The summed E-state index contributed by atoms with van der Waals surface area (Å²) in [4.78, 5) is 35.6. The predicted molar refractivity (Wildman–Crippen MR) is 85.7 cm³/mol. The third-order valence-corrected chi connectivity index (χ3v) is 4.03. The zero-order valence-corrected chi connectivity index (χ0v) is 13.2. The number of hydrogen-bond acceptors (Lipinski definition) is 6. The molecule has 0 radical (unpaired) electrons. The molecule has 0 bridgehead atoms. The number of ether oxygens (including phenoxy) is 1. The Morgan fingerprint density at radius 2 is 1.95 bits per heavy atom. The van der Waals surface area contributed by atoms with Crippen LogP contribution in [0.3, 0.4) is 0 Å². The number of fused-ring (bicyclic) bond motifs is 1. The first-order chi connectivity index (χ1) is 10.6. The largest absolute Gasteiger partial charge is 0.467 e. The summed E-state index contributed by atoms with van der Waals surface area (Å²) in [7, 11) is 1.33.